The third-order valence-corrected chi connectivity index (χ3v) is 2.61. The fourth-order valence-corrected chi connectivity index (χ4v) is 1.53. The Hall–Kier alpha value is -2.37. The number of nitrogens with zero attached hydrogens (tertiary/aromatic N) is 2. The Morgan fingerprint density at radius 3 is 2.72 bits per heavy atom. The van der Waals surface area contributed by atoms with Gasteiger partial charge in [-0.2, -0.15) is 0 Å². The predicted molar refractivity (Wildman–Crippen MR) is 62.7 cm³/mol. The number of hydrogen-bond acceptors (Lipinski definition) is 4. The Morgan fingerprint density at radius 2 is 2.17 bits per heavy atom. The van der Waals surface area contributed by atoms with E-state index in [9.17, 15) is 9.59 Å². The number of pyridine rings is 1. The van der Waals surface area contributed by atoms with Crippen molar-refractivity contribution in [3.63, 3.8) is 0 Å². The molecule has 2 aromatic heterocycles. The van der Waals surface area contributed by atoms with Crippen LogP contribution in [0.2, 0.25) is 0 Å². The van der Waals surface area contributed by atoms with Crippen LogP contribution in [0, 0.1) is 13.8 Å². The lowest BCUT2D eigenvalue weighted by molar-refractivity contribution is 0.0695. The predicted octanol–water partition coefficient (Wildman–Crippen LogP) is 1.20. The highest BCUT2D eigenvalue weighted by Crippen LogP contribution is 2.09. The maximum absolute atomic E-state index is 11.6. The minimum absolute atomic E-state index is 0.0506. The van der Waals surface area contributed by atoms with Crippen molar-refractivity contribution >= 4 is 5.97 Å². The van der Waals surface area contributed by atoms with Gasteiger partial charge in [0.05, 0.1) is 11.3 Å². The fourth-order valence-electron chi connectivity index (χ4n) is 1.53. The van der Waals surface area contributed by atoms with E-state index in [1.54, 1.807) is 13.8 Å². The van der Waals surface area contributed by atoms with Gasteiger partial charge in [0.15, 0.2) is 0 Å². The molecule has 0 unspecified atom stereocenters. The van der Waals surface area contributed by atoms with E-state index in [4.69, 9.17) is 9.52 Å². The average Bonchev–Trinajstić information content (AvgIpc) is 2.61. The first-order valence-electron chi connectivity index (χ1n) is 5.34. The normalized spacial score (nSPS) is 10.6. The summed E-state index contributed by atoms with van der Waals surface area (Å²) < 4.78 is 6.61. The minimum Gasteiger partial charge on any atom is -0.478 e. The lowest BCUT2D eigenvalue weighted by Gasteiger charge is -2.03. The summed E-state index contributed by atoms with van der Waals surface area (Å²) in [5, 5.41) is 8.86. The molecule has 2 rings (SSSR count). The summed E-state index contributed by atoms with van der Waals surface area (Å²) in [6.45, 7) is 3.70. The second kappa shape index (κ2) is 4.48. The Kier molecular flexibility index (Phi) is 3.01. The molecule has 0 aromatic carbocycles. The summed E-state index contributed by atoms with van der Waals surface area (Å²) in [6.07, 6.45) is 1.28. The van der Waals surface area contributed by atoms with Crippen LogP contribution >= 0.6 is 0 Å². The van der Waals surface area contributed by atoms with Gasteiger partial charge in [-0.3, -0.25) is 4.79 Å². The quantitative estimate of drug-likeness (QED) is 0.882. The van der Waals surface area contributed by atoms with Crippen LogP contribution < -0.4 is 5.56 Å². The van der Waals surface area contributed by atoms with Crippen molar-refractivity contribution in [2.75, 3.05) is 0 Å². The summed E-state index contributed by atoms with van der Waals surface area (Å²) in [6, 6.07) is 2.49. The summed E-state index contributed by atoms with van der Waals surface area (Å²) in [5.41, 5.74) is 0.510. The third kappa shape index (κ3) is 2.32. The number of oxazole rings is 1. The lowest BCUT2D eigenvalue weighted by Crippen LogP contribution is -2.20. The van der Waals surface area contributed by atoms with E-state index in [0.29, 0.717) is 11.7 Å². The molecule has 0 aliphatic heterocycles. The highest BCUT2D eigenvalue weighted by Gasteiger charge is 2.09. The van der Waals surface area contributed by atoms with E-state index >= 15 is 0 Å². The standard InChI is InChI=1S/C12H12N2O4/c1-7-8(2)18-10(13-7)6-14-5-9(12(16)17)3-4-11(14)15/h3-5H,6H2,1-2H3,(H,16,17). The molecule has 2 heterocycles. The van der Waals surface area contributed by atoms with Crippen molar-refractivity contribution in [2.45, 2.75) is 20.4 Å². The zero-order chi connectivity index (χ0) is 13.3. The Balaban J connectivity index is 2.36. The number of carboxylic acid groups (broad SMARTS) is 1. The van der Waals surface area contributed by atoms with E-state index in [2.05, 4.69) is 4.98 Å². The Morgan fingerprint density at radius 1 is 1.44 bits per heavy atom. The first kappa shape index (κ1) is 12.1. The Labute approximate surface area is 103 Å². The van der Waals surface area contributed by atoms with Crippen LogP contribution in [-0.4, -0.2) is 20.6 Å². The van der Waals surface area contributed by atoms with Crippen LogP contribution in [0.4, 0.5) is 0 Å². The molecule has 94 valence electrons. The number of carbonyl (C=O) groups is 1. The Bertz CT molecular complexity index is 635. The fraction of sp³-hybridized carbons (Fsp3) is 0.250. The van der Waals surface area contributed by atoms with Crippen LogP contribution in [0.3, 0.4) is 0 Å². The number of carboxylic acids is 1. The van der Waals surface area contributed by atoms with E-state index in [1.165, 1.54) is 22.9 Å². The number of hydrogen-bond donors (Lipinski definition) is 1. The molecule has 0 spiro atoms. The molecule has 0 bridgehead atoms. The average molecular weight is 248 g/mol. The van der Waals surface area contributed by atoms with Crippen LogP contribution in [0.1, 0.15) is 27.7 Å². The van der Waals surface area contributed by atoms with Crippen LogP contribution in [0.15, 0.2) is 27.5 Å². The van der Waals surface area contributed by atoms with Crippen LogP contribution in [0.5, 0.6) is 0 Å². The molecule has 0 fully saturated rings. The third-order valence-electron chi connectivity index (χ3n) is 2.61. The molecule has 0 saturated heterocycles. The van der Waals surface area contributed by atoms with Gasteiger partial charge in [-0.05, 0) is 19.9 Å². The maximum atomic E-state index is 11.6. The first-order chi connectivity index (χ1) is 8.47. The maximum Gasteiger partial charge on any atom is 0.337 e. The van der Waals surface area contributed by atoms with Gasteiger partial charge in [0.1, 0.15) is 12.3 Å². The van der Waals surface area contributed by atoms with Crippen LogP contribution in [-0.2, 0) is 6.54 Å². The van der Waals surface area contributed by atoms with E-state index in [0.717, 1.165) is 5.69 Å². The molecule has 6 heteroatoms. The SMILES string of the molecule is Cc1nc(Cn2cc(C(=O)O)ccc2=O)oc1C. The van der Waals surface area contributed by atoms with Gasteiger partial charge < -0.3 is 14.1 Å². The van der Waals surface area contributed by atoms with Gasteiger partial charge in [-0.15, -0.1) is 0 Å². The summed E-state index contributed by atoms with van der Waals surface area (Å²) in [5.74, 6) is -0.00871. The van der Waals surface area contributed by atoms with Crippen molar-refractivity contribution in [3.8, 4) is 0 Å². The van der Waals surface area contributed by atoms with Gasteiger partial charge >= 0.3 is 5.97 Å². The zero-order valence-electron chi connectivity index (χ0n) is 10.0. The molecule has 0 atom stereocenters. The molecule has 0 aliphatic rings. The number of aryl methyl sites for hydroxylation is 2. The van der Waals surface area contributed by atoms with E-state index < -0.39 is 5.97 Å². The van der Waals surface area contributed by atoms with Crippen molar-refractivity contribution in [2.24, 2.45) is 0 Å². The summed E-state index contributed by atoms with van der Waals surface area (Å²) in [7, 11) is 0. The molecule has 18 heavy (non-hydrogen) atoms. The topological polar surface area (TPSA) is 85.3 Å². The van der Waals surface area contributed by atoms with Crippen LogP contribution in [0.25, 0.3) is 0 Å². The van der Waals surface area contributed by atoms with Gasteiger partial charge in [0.25, 0.3) is 5.56 Å². The lowest BCUT2D eigenvalue weighted by atomic mass is 10.3. The zero-order valence-corrected chi connectivity index (χ0v) is 10.0. The second-order valence-electron chi connectivity index (χ2n) is 3.94. The largest absolute Gasteiger partial charge is 0.478 e. The van der Waals surface area contributed by atoms with E-state index in [1.807, 2.05) is 0 Å². The molecule has 0 amide bonds. The highest BCUT2D eigenvalue weighted by molar-refractivity contribution is 5.87. The minimum atomic E-state index is -1.08. The second-order valence-corrected chi connectivity index (χ2v) is 3.94. The molecule has 6 nitrogen and oxygen atoms in total. The van der Waals surface area contributed by atoms with E-state index in [-0.39, 0.29) is 17.7 Å². The van der Waals surface area contributed by atoms with Crippen molar-refractivity contribution < 1.29 is 14.3 Å². The molecule has 0 radical (unpaired) electrons. The van der Waals surface area contributed by atoms with Crippen molar-refractivity contribution in [3.05, 3.63) is 51.6 Å². The number of rotatable bonds is 3. The van der Waals surface area contributed by atoms with Gasteiger partial charge in [-0.1, -0.05) is 0 Å². The molecular formula is C12H12N2O4. The highest BCUT2D eigenvalue weighted by atomic mass is 16.4. The molecule has 2 aromatic rings. The molecular weight excluding hydrogens is 236 g/mol. The number of aromatic nitrogens is 2. The molecule has 1 N–H and O–H groups in total. The smallest absolute Gasteiger partial charge is 0.337 e. The summed E-state index contributed by atoms with van der Waals surface area (Å²) in [4.78, 5) is 26.6. The number of aromatic carboxylic acids is 1. The van der Waals surface area contributed by atoms with Gasteiger partial charge in [-0.25, -0.2) is 9.78 Å². The molecule has 0 saturated carbocycles. The summed E-state index contributed by atoms with van der Waals surface area (Å²) >= 11 is 0. The monoisotopic (exact) mass is 248 g/mol. The van der Waals surface area contributed by atoms with Crippen molar-refractivity contribution in [1.29, 1.82) is 0 Å². The van der Waals surface area contributed by atoms with Gasteiger partial charge in [0.2, 0.25) is 5.89 Å². The first-order valence-corrected chi connectivity index (χ1v) is 5.34. The van der Waals surface area contributed by atoms with Crippen molar-refractivity contribution in [1.82, 2.24) is 9.55 Å². The molecule has 0 aliphatic carbocycles. The van der Waals surface area contributed by atoms with Gasteiger partial charge in [0, 0.05) is 12.3 Å².